The van der Waals surface area contributed by atoms with E-state index in [2.05, 4.69) is 0 Å². The highest BCUT2D eigenvalue weighted by atomic mass is 16.6. The molecule has 2 rings (SSSR count). The van der Waals surface area contributed by atoms with Gasteiger partial charge in [-0.3, -0.25) is 10.1 Å². The minimum absolute atomic E-state index is 0.00537. The van der Waals surface area contributed by atoms with Gasteiger partial charge >= 0.3 is 5.97 Å². The average Bonchev–Trinajstić information content (AvgIpc) is 2.64. The molecule has 132 valence electrons. The van der Waals surface area contributed by atoms with Gasteiger partial charge in [-0.2, -0.15) is 5.26 Å². The molecule has 0 aliphatic carbocycles. The van der Waals surface area contributed by atoms with Gasteiger partial charge in [-0.05, 0) is 41.5 Å². The summed E-state index contributed by atoms with van der Waals surface area (Å²) < 4.78 is 10.9. The number of ether oxygens (including phenoxy) is 2. The Morgan fingerprint density at radius 2 is 1.96 bits per heavy atom. The molecule has 0 aromatic heterocycles. The molecule has 0 radical (unpaired) electrons. The predicted molar refractivity (Wildman–Crippen MR) is 91.6 cm³/mol. The maximum Gasteiger partial charge on any atom is 0.346 e. The standard InChI is InChI=1S/C18H14N2O6/c1-25-17-9-13(8-14(10-19)18(21)22)4-7-16(17)26-11-12-2-5-15(6-3-12)20(23)24/h2-9H,11H2,1H3,(H,21,22)/b14-8+. The number of carboxylic acid groups (broad SMARTS) is 1. The van der Waals surface area contributed by atoms with E-state index in [9.17, 15) is 14.9 Å². The quantitative estimate of drug-likeness (QED) is 0.350. The predicted octanol–water partition coefficient (Wildman–Crippen LogP) is 3.17. The Kier molecular flexibility index (Phi) is 5.90. The van der Waals surface area contributed by atoms with E-state index in [-0.39, 0.29) is 12.3 Å². The minimum atomic E-state index is -1.31. The van der Waals surface area contributed by atoms with Crippen LogP contribution in [0, 0.1) is 21.4 Å². The van der Waals surface area contributed by atoms with Gasteiger partial charge in [0.1, 0.15) is 18.2 Å². The number of aliphatic carboxylic acids is 1. The topological polar surface area (TPSA) is 123 Å². The van der Waals surface area contributed by atoms with Gasteiger partial charge in [0.15, 0.2) is 11.5 Å². The third kappa shape index (κ3) is 4.58. The molecule has 0 heterocycles. The normalized spacial score (nSPS) is 10.7. The largest absolute Gasteiger partial charge is 0.493 e. The smallest absolute Gasteiger partial charge is 0.346 e. The van der Waals surface area contributed by atoms with Gasteiger partial charge < -0.3 is 14.6 Å². The van der Waals surface area contributed by atoms with Crippen LogP contribution >= 0.6 is 0 Å². The zero-order valence-corrected chi connectivity index (χ0v) is 13.7. The van der Waals surface area contributed by atoms with E-state index in [0.29, 0.717) is 17.1 Å². The van der Waals surface area contributed by atoms with E-state index in [1.807, 2.05) is 0 Å². The second kappa shape index (κ2) is 8.30. The molecule has 0 aliphatic rings. The van der Waals surface area contributed by atoms with Gasteiger partial charge in [-0.15, -0.1) is 0 Å². The lowest BCUT2D eigenvalue weighted by atomic mass is 10.1. The molecule has 8 heteroatoms. The van der Waals surface area contributed by atoms with E-state index in [0.717, 1.165) is 5.56 Å². The molecule has 8 nitrogen and oxygen atoms in total. The number of benzene rings is 2. The number of carbonyl (C=O) groups is 1. The molecule has 0 amide bonds. The first-order valence-electron chi connectivity index (χ1n) is 7.34. The van der Waals surface area contributed by atoms with Crippen LogP contribution in [0.4, 0.5) is 5.69 Å². The maximum absolute atomic E-state index is 10.9. The Bertz CT molecular complexity index is 897. The van der Waals surface area contributed by atoms with Crippen molar-refractivity contribution >= 4 is 17.7 Å². The number of non-ortho nitro benzene ring substituents is 1. The molecular formula is C18H14N2O6. The molecule has 0 fully saturated rings. The number of nitro groups is 1. The number of hydrogen-bond acceptors (Lipinski definition) is 6. The highest BCUT2D eigenvalue weighted by Crippen LogP contribution is 2.29. The van der Waals surface area contributed by atoms with Gasteiger partial charge in [-0.1, -0.05) is 6.07 Å². The molecule has 2 aromatic carbocycles. The van der Waals surface area contributed by atoms with Crippen molar-refractivity contribution in [3.05, 3.63) is 69.3 Å². The van der Waals surface area contributed by atoms with Crippen molar-refractivity contribution in [1.82, 2.24) is 0 Å². The molecule has 0 bridgehead atoms. The highest BCUT2D eigenvalue weighted by molar-refractivity contribution is 5.96. The molecule has 0 saturated heterocycles. The number of carboxylic acids is 1. The number of nitro benzene ring substituents is 1. The van der Waals surface area contributed by atoms with Crippen LogP contribution in [-0.2, 0) is 11.4 Å². The van der Waals surface area contributed by atoms with Gasteiger partial charge in [0, 0.05) is 12.1 Å². The lowest BCUT2D eigenvalue weighted by Crippen LogP contribution is -1.99. The second-order valence-electron chi connectivity index (χ2n) is 5.10. The Labute approximate surface area is 148 Å². The average molecular weight is 354 g/mol. The maximum atomic E-state index is 10.9. The molecule has 0 atom stereocenters. The Morgan fingerprint density at radius 3 is 2.50 bits per heavy atom. The summed E-state index contributed by atoms with van der Waals surface area (Å²) in [6, 6.07) is 12.3. The molecular weight excluding hydrogens is 340 g/mol. The number of rotatable bonds is 7. The highest BCUT2D eigenvalue weighted by Gasteiger charge is 2.10. The number of methoxy groups -OCH3 is 1. The van der Waals surface area contributed by atoms with Crippen LogP contribution < -0.4 is 9.47 Å². The fraction of sp³-hybridized carbons (Fsp3) is 0.111. The first kappa shape index (κ1) is 18.5. The third-order valence-electron chi connectivity index (χ3n) is 3.39. The van der Waals surface area contributed by atoms with Crippen molar-refractivity contribution in [2.45, 2.75) is 6.61 Å². The minimum Gasteiger partial charge on any atom is -0.493 e. The van der Waals surface area contributed by atoms with Crippen LogP contribution in [0.15, 0.2) is 48.0 Å². The van der Waals surface area contributed by atoms with Crippen LogP contribution in [0.2, 0.25) is 0 Å². The molecule has 0 unspecified atom stereocenters. The monoisotopic (exact) mass is 354 g/mol. The zero-order valence-electron chi connectivity index (χ0n) is 13.7. The second-order valence-corrected chi connectivity index (χ2v) is 5.10. The van der Waals surface area contributed by atoms with Crippen molar-refractivity contribution in [3.8, 4) is 17.6 Å². The number of hydrogen-bond donors (Lipinski definition) is 1. The Hall–Kier alpha value is -3.86. The summed E-state index contributed by atoms with van der Waals surface area (Å²) in [4.78, 5) is 21.1. The third-order valence-corrected chi connectivity index (χ3v) is 3.39. The van der Waals surface area contributed by atoms with E-state index in [4.69, 9.17) is 19.8 Å². The van der Waals surface area contributed by atoms with E-state index >= 15 is 0 Å². The van der Waals surface area contributed by atoms with Gasteiger partial charge in [0.2, 0.25) is 0 Å². The zero-order chi connectivity index (χ0) is 19.1. The summed E-state index contributed by atoms with van der Waals surface area (Å²) in [5, 5.41) is 28.3. The molecule has 0 saturated carbocycles. The summed E-state index contributed by atoms with van der Waals surface area (Å²) >= 11 is 0. The SMILES string of the molecule is COc1cc(/C=C(\C#N)C(=O)O)ccc1OCc1ccc([N+](=O)[O-])cc1. The van der Waals surface area contributed by atoms with E-state index < -0.39 is 16.5 Å². The fourth-order valence-corrected chi connectivity index (χ4v) is 2.08. The van der Waals surface area contributed by atoms with E-state index in [1.54, 1.807) is 36.4 Å². The summed E-state index contributed by atoms with van der Waals surface area (Å²) in [6.07, 6.45) is 1.23. The van der Waals surface area contributed by atoms with Crippen molar-refractivity contribution in [1.29, 1.82) is 5.26 Å². The van der Waals surface area contributed by atoms with Crippen LogP contribution in [0.1, 0.15) is 11.1 Å². The first-order chi connectivity index (χ1) is 12.4. The summed E-state index contributed by atoms with van der Waals surface area (Å²) in [7, 11) is 1.43. The van der Waals surface area contributed by atoms with E-state index in [1.165, 1.54) is 25.3 Å². The summed E-state index contributed by atoms with van der Waals surface area (Å²) in [6.45, 7) is 0.169. The van der Waals surface area contributed by atoms with Crippen molar-refractivity contribution in [2.24, 2.45) is 0 Å². The van der Waals surface area contributed by atoms with Gasteiger partial charge in [0.05, 0.1) is 12.0 Å². The Morgan fingerprint density at radius 1 is 1.27 bits per heavy atom. The molecule has 1 N–H and O–H groups in total. The van der Waals surface area contributed by atoms with Gasteiger partial charge in [-0.25, -0.2) is 4.79 Å². The van der Waals surface area contributed by atoms with Crippen LogP contribution in [-0.4, -0.2) is 23.1 Å². The molecule has 26 heavy (non-hydrogen) atoms. The molecule has 0 aliphatic heterocycles. The summed E-state index contributed by atoms with van der Waals surface area (Å²) in [5.41, 5.74) is 0.809. The summed E-state index contributed by atoms with van der Waals surface area (Å²) in [5.74, 6) is -0.537. The van der Waals surface area contributed by atoms with Crippen LogP contribution in [0.5, 0.6) is 11.5 Å². The van der Waals surface area contributed by atoms with Crippen molar-refractivity contribution in [2.75, 3.05) is 7.11 Å². The number of nitrogens with zero attached hydrogens (tertiary/aromatic N) is 2. The lowest BCUT2D eigenvalue weighted by Gasteiger charge is -2.11. The first-order valence-corrected chi connectivity index (χ1v) is 7.34. The van der Waals surface area contributed by atoms with Crippen LogP contribution in [0.25, 0.3) is 6.08 Å². The number of nitriles is 1. The fourth-order valence-electron chi connectivity index (χ4n) is 2.08. The molecule has 0 spiro atoms. The van der Waals surface area contributed by atoms with Crippen LogP contribution in [0.3, 0.4) is 0 Å². The van der Waals surface area contributed by atoms with Crippen molar-refractivity contribution in [3.63, 3.8) is 0 Å². The lowest BCUT2D eigenvalue weighted by molar-refractivity contribution is -0.384. The molecule has 2 aromatic rings. The Balaban J connectivity index is 2.16. The van der Waals surface area contributed by atoms with Crippen molar-refractivity contribution < 1.29 is 24.3 Å². The van der Waals surface area contributed by atoms with Gasteiger partial charge in [0.25, 0.3) is 5.69 Å².